The molecular formula is C25H28N6O5. The molecule has 36 heavy (non-hydrogen) atoms. The fourth-order valence-corrected chi connectivity index (χ4v) is 3.78. The molecule has 188 valence electrons. The van der Waals surface area contributed by atoms with Gasteiger partial charge in [0, 0.05) is 35.3 Å². The van der Waals surface area contributed by atoms with E-state index in [2.05, 4.69) is 20.7 Å². The van der Waals surface area contributed by atoms with Crippen LogP contribution in [0, 0.1) is 20.8 Å². The summed E-state index contributed by atoms with van der Waals surface area (Å²) in [6, 6.07) is 10.8. The molecule has 0 aliphatic carbocycles. The smallest absolute Gasteiger partial charge is 0.353 e. The molecule has 2 aromatic carbocycles. The highest BCUT2D eigenvalue weighted by molar-refractivity contribution is 5.91. The molecule has 2 N–H and O–H groups in total. The summed E-state index contributed by atoms with van der Waals surface area (Å²) < 4.78 is 18.4. The number of carbonyl (C=O) groups excluding carboxylic acids is 1. The summed E-state index contributed by atoms with van der Waals surface area (Å²) in [6.45, 7) is 5.54. The first-order valence-electron chi connectivity index (χ1n) is 11.2. The summed E-state index contributed by atoms with van der Waals surface area (Å²) in [6.07, 6.45) is 0. The van der Waals surface area contributed by atoms with Crippen molar-refractivity contribution in [3.05, 3.63) is 63.7 Å². The van der Waals surface area contributed by atoms with Crippen molar-refractivity contribution in [2.75, 3.05) is 32.0 Å². The Bertz CT molecular complexity index is 1480. The number of nitrogens with one attached hydrogen (secondary N) is 2. The Hall–Kier alpha value is -4.54. The number of carbonyl (C=O) groups is 1. The lowest BCUT2D eigenvalue weighted by molar-refractivity contribution is -0.117. The Morgan fingerprint density at radius 2 is 1.61 bits per heavy atom. The summed E-state index contributed by atoms with van der Waals surface area (Å²) >= 11 is 0. The number of anilines is 3. The SMILES string of the molecule is COc1cc(NC(=O)Cn2nc3cc(C)nc(Nc4ccc(C)c(C)c4)n3c2=O)cc(OC)c1OC. The lowest BCUT2D eigenvalue weighted by Crippen LogP contribution is -2.29. The summed E-state index contributed by atoms with van der Waals surface area (Å²) in [5, 5.41) is 10.3. The van der Waals surface area contributed by atoms with Crippen molar-refractivity contribution in [2.24, 2.45) is 0 Å². The third-order valence-electron chi connectivity index (χ3n) is 5.70. The average Bonchev–Trinajstić information content (AvgIpc) is 3.15. The van der Waals surface area contributed by atoms with Crippen molar-refractivity contribution in [3.8, 4) is 17.2 Å². The van der Waals surface area contributed by atoms with Gasteiger partial charge in [0.1, 0.15) is 6.54 Å². The Labute approximate surface area is 207 Å². The lowest BCUT2D eigenvalue weighted by atomic mass is 10.1. The van der Waals surface area contributed by atoms with Gasteiger partial charge in [-0.15, -0.1) is 5.10 Å². The highest BCUT2D eigenvalue weighted by Crippen LogP contribution is 2.39. The molecule has 0 atom stereocenters. The van der Waals surface area contributed by atoms with Gasteiger partial charge in [0.25, 0.3) is 0 Å². The standard InChI is InChI=1S/C25H28N6O5/c1-14-7-8-17(9-15(14)2)28-24-26-16(3)10-21-29-30(25(33)31(21)24)13-22(32)27-18-11-19(34-4)23(36-6)20(12-18)35-5/h7-12H,13H2,1-6H3,(H,26,28)(H,27,32). The number of rotatable bonds is 8. The van der Waals surface area contributed by atoms with E-state index in [0.717, 1.165) is 21.5 Å². The maximum Gasteiger partial charge on any atom is 0.353 e. The Morgan fingerprint density at radius 1 is 0.917 bits per heavy atom. The van der Waals surface area contributed by atoms with E-state index >= 15 is 0 Å². The highest BCUT2D eigenvalue weighted by Gasteiger charge is 2.18. The van der Waals surface area contributed by atoms with Crippen LogP contribution in [-0.4, -0.2) is 46.4 Å². The van der Waals surface area contributed by atoms with Gasteiger partial charge in [-0.1, -0.05) is 6.07 Å². The number of ether oxygens (including phenoxy) is 3. The fourth-order valence-electron chi connectivity index (χ4n) is 3.78. The number of methoxy groups -OCH3 is 3. The van der Waals surface area contributed by atoms with Crippen LogP contribution in [0.3, 0.4) is 0 Å². The maximum atomic E-state index is 13.2. The number of hydrogen-bond acceptors (Lipinski definition) is 8. The Morgan fingerprint density at radius 3 is 2.22 bits per heavy atom. The molecule has 0 saturated carbocycles. The Balaban J connectivity index is 1.62. The summed E-state index contributed by atoms with van der Waals surface area (Å²) in [7, 11) is 4.46. The van der Waals surface area contributed by atoms with Crippen molar-refractivity contribution in [3.63, 3.8) is 0 Å². The molecule has 0 unspecified atom stereocenters. The van der Waals surface area contributed by atoms with E-state index in [-0.39, 0.29) is 6.54 Å². The van der Waals surface area contributed by atoms with E-state index in [4.69, 9.17) is 14.2 Å². The largest absolute Gasteiger partial charge is 0.493 e. The Kier molecular flexibility index (Phi) is 6.82. The minimum Gasteiger partial charge on any atom is -0.493 e. The topological polar surface area (TPSA) is 121 Å². The van der Waals surface area contributed by atoms with Crippen LogP contribution < -0.4 is 30.5 Å². The van der Waals surface area contributed by atoms with Gasteiger partial charge in [-0.25, -0.2) is 18.9 Å². The third-order valence-corrected chi connectivity index (χ3v) is 5.70. The van der Waals surface area contributed by atoms with Crippen molar-refractivity contribution in [2.45, 2.75) is 27.3 Å². The predicted octanol–water partition coefficient (Wildman–Crippen LogP) is 3.22. The zero-order chi connectivity index (χ0) is 26.0. The monoisotopic (exact) mass is 492 g/mol. The zero-order valence-electron chi connectivity index (χ0n) is 21.0. The van der Waals surface area contributed by atoms with Gasteiger partial charge in [0.15, 0.2) is 17.1 Å². The van der Waals surface area contributed by atoms with Gasteiger partial charge in [-0.2, -0.15) is 0 Å². The molecule has 0 bridgehead atoms. The molecule has 0 aliphatic heterocycles. The van der Waals surface area contributed by atoms with Crippen LogP contribution >= 0.6 is 0 Å². The molecule has 0 radical (unpaired) electrons. The van der Waals surface area contributed by atoms with E-state index in [1.54, 1.807) is 18.2 Å². The van der Waals surface area contributed by atoms with E-state index in [0.29, 0.717) is 40.2 Å². The summed E-state index contributed by atoms with van der Waals surface area (Å²) in [4.78, 5) is 30.5. The first-order chi connectivity index (χ1) is 17.2. The first-order valence-corrected chi connectivity index (χ1v) is 11.2. The van der Waals surface area contributed by atoms with Crippen LogP contribution in [-0.2, 0) is 11.3 Å². The van der Waals surface area contributed by atoms with Gasteiger partial charge in [-0.05, 0) is 44.0 Å². The zero-order valence-corrected chi connectivity index (χ0v) is 21.0. The van der Waals surface area contributed by atoms with Gasteiger partial charge < -0.3 is 24.8 Å². The van der Waals surface area contributed by atoms with Crippen LogP contribution in [0.5, 0.6) is 17.2 Å². The second kappa shape index (κ2) is 9.98. The number of fused-ring (bicyclic) bond motifs is 1. The molecule has 4 rings (SSSR count). The van der Waals surface area contributed by atoms with E-state index in [1.165, 1.54) is 25.7 Å². The van der Waals surface area contributed by atoms with Crippen molar-refractivity contribution in [1.29, 1.82) is 0 Å². The van der Waals surface area contributed by atoms with Crippen LogP contribution in [0.1, 0.15) is 16.8 Å². The van der Waals surface area contributed by atoms with Crippen molar-refractivity contribution < 1.29 is 19.0 Å². The van der Waals surface area contributed by atoms with Gasteiger partial charge in [0.05, 0.1) is 21.3 Å². The molecule has 2 aromatic heterocycles. The molecule has 11 nitrogen and oxygen atoms in total. The lowest BCUT2D eigenvalue weighted by Gasteiger charge is -2.14. The van der Waals surface area contributed by atoms with Crippen LogP contribution in [0.15, 0.2) is 41.2 Å². The number of nitrogens with zero attached hydrogens (tertiary/aromatic N) is 4. The second-order valence-electron chi connectivity index (χ2n) is 8.24. The molecule has 2 heterocycles. The number of hydrogen-bond donors (Lipinski definition) is 2. The number of benzene rings is 2. The average molecular weight is 493 g/mol. The van der Waals surface area contributed by atoms with Crippen LogP contribution in [0.4, 0.5) is 17.3 Å². The predicted molar refractivity (Wildman–Crippen MR) is 136 cm³/mol. The van der Waals surface area contributed by atoms with Crippen molar-refractivity contribution >= 4 is 28.9 Å². The molecule has 0 fully saturated rings. The molecule has 11 heteroatoms. The molecule has 0 aliphatic rings. The maximum absolute atomic E-state index is 13.2. The molecule has 0 saturated heterocycles. The van der Waals surface area contributed by atoms with Gasteiger partial charge in [-0.3, -0.25) is 4.79 Å². The number of amides is 1. The van der Waals surface area contributed by atoms with Gasteiger partial charge >= 0.3 is 5.69 Å². The molecule has 1 amide bonds. The molecule has 0 spiro atoms. The molecular weight excluding hydrogens is 464 g/mol. The number of aryl methyl sites for hydroxylation is 3. The minimum absolute atomic E-state index is 0.306. The van der Waals surface area contributed by atoms with E-state index in [9.17, 15) is 9.59 Å². The molecule has 4 aromatic rings. The fraction of sp³-hybridized carbons (Fsp3) is 0.280. The van der Waals surface area contributed by atoms with Gasteiger partial charge in [0.2, 0.25) is 17.6 Å². The third kappa shape index (κ3) is 4.81. The minimum atomic E-state index is -0.496. The highest BCUT2D eigenvalue weighted by atomic mass is 16.5. The van der Waals surface area contributed by atoms with Crippen LogP contribution in [0.2, 0.25) is 0 Å². The normalized spacial score (nSPS) is 10.8. The van der Waals surface area contributed by atoms with E-state index < -0.39 is 11.6 Å². The summed E-state index contributed by atoms with van der Waals surface area (Å²) in [5.41, 5.74) is 4.02. The first kappa shape index (κ1) is 24.6. The summed E-state index contributed by atoms with van der Waals surface area (Å²) in [5.74, 6) is 1.04. The quantitative estimate of drug-likeness (QED) is 0.385. The van der Waals surface area contributed by atoms with Crippen molar-refractivity contribution in [1.82, 2.24) is 19.2 Å². The number of aromatic nitrogens is 4. The second-order valence-corrected chi connectivity index (χ2v) is 8.24. The van der Waals surface area contributed by atoms with Crippen LogP contribution in [0.25, 0.3) is 5.65 Å². The van der Waals surface area contributed by atoms with E-state index in [1.807, 2.05) is 39.0 Å².